The van der Waals surface area contributed by atoms with Gasteiger partial charge in [0.15, 0.2) is 5.13 Å². The van der Waals surface area contributed by atoms with E-state index in [1.165, 1.54) is 0 Å². The van der Waals surface area contributed by atoms with Crippen molar-refractivity contribution in [2.45, 2.75) is 6.92 Å². The lowest BCUT2D eigenvalue weighted by Gasteiger charge is -1.92. The highest BCUT2D eigenvalue weighted by molar-refractivity contribution is 7.18. The maximum Gasteiger partial charge on any atom is 0.183 e. The number of hydrogen-bond acceptors (Lipinski definition) is 4. The Balaban J connectivity index is 2.24. The zero-order chi connectivity index (χ0) is 9.97. The van der Waals surface area contributed by atoms with E-state index in [4.69, 9.17) is 0 Å². The maximum absolute atomic E-state index is 4.26. The van der Waals surface area contributed by atoms with Crippen LogP contribution in [0.15, 0.2) is 18.6 Å². The first-order valence-corrected chi connectivity index (χ1v) is 5.30. The first-order chi connectivity index (χ1) is 6.79. The molecule has 2 aromatic rings. The number of aromatic nitrogens is 3. The van der Waals surface area contributed by atoms with Crippen LogP contribution in [0.4, 0.5) is 5.13 Å². The standard InChI is InChI=1S/C9H12N4S/c1-3-10-9-11-5-8(14-9)7-4-12-13(2)6-7/h4-6H,3H2,1-2H3,(H,10,11). The molecule has 0 unspecified atom stereocenters. The molecule has 1 N–H and O–H groups in total. The predicted octanol–water partition coefficient (Wildman–Crippen LogP) is 1.98. The summed E-state index contributed by atoms with van der Waals surface area (Å²) in [5, 5.41) is 8.27. The molecule has 0 spiro atoms. The minimum atomic E-state index is 0.903. The Labute approximate surface area is 86.6 Å². The molecular formula is C9H12N4S. The number of thiazole rings is 1. The highest BCUT2D eigenvalue weighted by atomic mass is 32.1. The minimum absolute atomic E-state index is 0.903. The molecule has 0 atom stereocenters. The molecule has 0 radical (unpaired) electrons. The van der Waals surface area contributed by atoms with Gasteiger partial charge in [-0.25, -0.2) is 4.98 Å². The molecule has 74 valence electrons. The van der Waals surface area contributed by atoms with Gasteiger partial charge in [0.25, 0.3) is 0 Å². The van der Waals surface area contributed by atoms with Gasteiger partial charge in [-0.3, -0.25) is 4.68 Å². The van der Waals surface area contributed by atoms with Crippen molar-refractivity contribution in [1.29, 1.82) is 0 Å². The second-order valence-electron chi connectivity index (χ2n) is 2.96. The van der Waals surface area contributed by atoms with E-state index in [1.807, 2.05) is 25.6 Å². The number of hydrogen-bond donors (Lipinski definition) is 1. The second kappa shape index (κ2) is 3.79. The smallest absolute Gasteiger partial charge is 0.183 e. The van der Waals surface area contributed by atoms with Gasteiger partial charge < -0.3 is 5.32 Å². The van der Waals surface area contributed by atoms with Crippen LogP contribution in [-0.4, -0.2) is 21.3 Å². The molecule has 0 fully saturated rings. The Kier molecular flexibility index (Phi) is 2.49. The van der Waals surface area contributed by atoms with E-state index in [9.17, 15) is 0 Å². The van der Waals surface area contributed by atoms with Crippen molar-refractivity contribution in [3.8, 4) is 10.4 Å². The Morgan fingerprint density at radius 3 is 3.00 bits per heavy atom. The average molecular weight is 208 g/mol. The third-order valence-corrected chi connectivity index (χ3v) is 2.83. The molecule has 0 bridgehead atoms. The molecule has 5 heteroatoms. The lowest BCUT2D eigenvalue weighted by Crippen LogP contribution is -1.94. The number of rotatable bonds is 3. The van der Waals surface area contributed by atoms with Crippen LogP contribution in [0.5, 0.6) is 0 Å². The van der Waals surface area contributed by atoms with Gasteiger partial charge in [0.1, 0.15) is 0 Å². The van der Waals surface area contributed by atoms with Gasteiger partial charge in [-0.05, 0) is 6.92 Å². The van der Waals surface area contributed by atoms with Crippen molar-refractivity contribution in [2.75, 3.05) is 11.9 Å². The Morgan fingerprint density at radius 2 is 2.36 bits per heavy atom. The lowest BCUT2D eigenvalue weighted by molar-refractivity contribution is 0.768. The fourth-order valence-electron chi connectivity index (χ4n) is 1.19. The summed E-state index contributed by atoms with van der Waals surface area (Å²) in [4.78, 5) is 5.41. The van der Waals surface area contributed by atoms with Gasteiger partial charge in [0.05, 0.1) is 11.1 Å². The van der Waals surface area contributed by atoms with Gasteiger partial charge in [-0.1, -0.05) is 11.3 Å². The van der Waals surface area contributed by atoms with E-state index in [2.05, 4.69) is 22.3 Å². The third-order valence-electron chi connectivity index (χ3n) is 1.82. The quantitative estimate of drug-likeness (QED) is 0.838. The summed E-state index contributed by atoms with van der Waals surface area (Å²) in [6.07, 6.45) is 5.71. The van der Waals surface area contributed by atoms with Gasteiger partial charge >= 0.3 is 0 Å². The molecule has 0 saturated heterocycles. The zero-order valence-corrected chi connectivity index (χ0v) is 9.01. The summed E-state index contributed by atoms with van der Waals surface area (Å²) in [6, 6.07) is 0. The van der Waals surface area contributed by atoms with Crippen LogP contribution in [0.25, 0.3) is 10.4 Å². The second-order valence-corrected chi connectivity index (χ2v) is 3.99. The van der Waals surface area contributed by atoms with Gasteiger partial charge in [-0.2, -0.15) is 5.10 Å². The van der Waals surface area contributed by atoms with Gasteiger partial charge in [-0.15, -0.1) is 0 Å². The SMILES string of the molecule is CCNc1ncc(-c2cnn(C)c2)s1. The molecule has 0 aromatic carbocycles. The Hall–Kier alpha value is -1.36. The van der Waals surface area contributed by atoms with E-state index in [0.717, 1.165) is 22.1 Å². The van der Waals surface area contributed by atoms with Crippen molar-refractivity contribution in [2.24, 2.45) is 7.05 Å². The monoisotopic (exact) mass is 208 g/mol. The van der Waals surface area contributed by atoms with Crippen LogP contribution in [0, 0.1) is 0 Å². The topological polar surface area (TPSA) is 42.7 Å². The number of nitrogens with one attached hydrogen (secondary N) is 1. The summed E-state index contributed by atoms with van der Waals surface area (Å²) in [5.74, 6) is 0. The van der Waals surface area contributed by atoms with Crippen LogP contribution < -0.4 is 5.32 Å². The number of nitrogens with zero attached hydrogens (tertiary/aromatic N) is 3. The van der Waals surface area contributed by atoms with Crippen LogP contribution >= 0.6 is 11.3 Å². The molecule has 2 rings (SSSR count). The average Bonchev–Trinajstić information content (AvgIpc) is 2.74. The van der Waals surface area contributed by atoms with Crippen molar-refractivity contribution in [3.63, 3.8) is 0 Å². The fraction of sp³-hybridized carbons (Fsp3) is 0.333. The molecule has 0 amide bonds. The van der Waals surface area contributed by atoms with E-state index < -0.39 is 0 Å². The van der Waals surface area contributed by atoms with Crippen LogP contribution in [0.3, 0.4) is 0 Å². The largest absolute Gasteiger partial charge is 0.362 e. The highest BCUT2D eigenvalue weighted by Gasteiger charge is 2.04. The molecule has 4 nitrogen and oxygen atoms in total. The molecular weight excluding hydrogens is 196 g/mol. The lowest BCUT2D eigenvalue weighted by atomic mass is 10.3. The van der Waals surface area contributed by atoms with E-state index in [1.54, 1.807) is 16.0 Å². The number of aryl methyl sites for hydroxylation is 1. The highest BCUT2D eigenvalue weighted by Crippen LogP contribution is 2.27. The van der Waals surface area contributed by atoms with Crippen molar-refractivity contribution in [3.05, 3.63) is 18.6 Å². The summed E-state index contributed by atoms with van der Waals surface area (Å²) >= 11 is 1.65. The zero-order valence-electron chi connectivity index (χ0n) is 8.19. The minimum Gasteiger partial charge on any atom is -0.362 e. The number of anilines is 1. The van der Waals surface area contributed by atoms with E-state index in [-0.39, 0.29) is 0 Å². The third kappa shape index (κ3) is 1.77. The van der Waals surface area contributed by atoms with Crippen LogP contribution in [0.2, 0.25) is 0 Å². The molecule has 14 heavy (non-hydrogen) atoms. The molecule has 0 saturated carbocycles. The van der Waals surface area contributed by atoms with Crippen molar-refractivity contribution in [1.82, 2.24) is 14.8 Å². The molecule has 2 aromatic heterocycles. The Bertz CT molecular complexity index is 418. The first kappa shape index (κ1) is 9.21. The molecule has 0 aliphatic rings. The van der Waals surface area contributed by atoms with Gasteiger partial charge in [0.2, 0.25) is 0 Å². The maximum atomic E-state index is 4.26. The summed E-state index contributed by atoms with van der Waals surface area (Å²) in [6.45, 7) is 2.96. The predicted molar refractivity (Wildman–Crippen MR) is 58.5 cm³/mol. The molecule has 0 aliphatic carbocycles. The summed E-state index contributed by atoms with van der Waals surface area (Å²) in [7, 11) is 1.91. The van der Waals surface area contributed by atoms with Crippen molar-refractivity contribution >= 4 is 16.5 Å². The Morgan fingerprint density at radius 1 is 1.50 bits per heavy atom. The normalized spacial score (nSPS) is 10.4. The van der Waals surface area contributed by atoms with E-state index in [0.29, 0.717) is 0 Å². The van der Waals surface area contributed by atoms with Crippen molar-refractivity contribution < 1.29 is 0 Å². The fourth-order valence-corrected chi connectivity index (χ4v) is 2.05. The van der Waals surface area contributed by atoms with Crippen LogP contribution in [0.1, 0.15) is 6.92 Å². The van der Waals surface area contributed by atoms with Crippen LogP contribution in [-0.2, 0) is 7.05 Å². The molecule has 2 heterocycles. The first-order valence-electron chi connectivity index (χ1n) is 4.48. The summed E-state index contributed by atoms with van der Waals surface area (Å²) in [5.41, 5.74) is 1.12. The molecule has 0 aliphatic heterocycles. The summed E-state index contributed by atoms with van der Waals surface area (Å²) < 4.78 is 1.79. The van der Waals surface area contributed by atoms with E-state index >= 15 is 0 Å². The van der Waals surface area contributed by atoms with Gasteiger partial charge in [0, 0.05) is 31.5 Å².